The molecular formula is C23H26O2. The van der Waals surface area contributed by atoms with Crippen LogP contribution < -0.4 is 0 Å². The minimum atomic E-state index is -0.168. The molecule has 2 aromatic rings. The van der Waals surface area contributed by atoms with Gasteiger partial charge in [0.15, 0.2) is 0 Å². The van der Waals surface area contributed by atoms with Crippen LogP contribution in [0.1, 0.15) is 50.2 Å². The highest BCUT2D eigenvalue weighted by Gasteiger charge is 2.13. The van der Waals surface area contributed by atoms with Crippen molar-refractivity contribution in [3.63, 3.8) is 0 Å². The maximum Gasteiger partial charge on any atom is 0.310 e. The average Bonchev–Trinajstić information content (AvgIpc) is 2.64. The van der Waals surface area contributed by atoms with Crippen LogP contribution in [0.2, 0.25) is 0 Å². The van der Waals surface area contributed by atoms with E-state index in [4.69, 9.17) is 4.74 Å². The molecule has 0 heterocycles. The third-order valence-corrected chi connectivity index (χ3v) is 4.76. The van der Waals surface area contributed by atoms with Crippen LogP contribution >= 0.6 is 0 Å². The van der Waals surface area contributed by atoms with Crippen molar-refractivity contribution in [3.05, 3.63) is 65.2 Å². The average molecular weight is 334 g/mol. The van der Waals surface area contributed by atoms with E-state index in [9.17, 15) is 4.79 Å². The fraction of sp³-hybridized carbons (Fsp3) is 0.348. The Hall–Kier alpha value is -2.35. The van der Waals surface area contributed by atoms with Gasteiger partial charge in [-0.1, -0.05) is 66.6 Å². The second kappa shape index (κ2) is 8.66. The Morgan fingerprint density at radius 3 is 2.40 bits per heavy atom. The van der Waals surface area contributed by atoms with E-state index < -0.39 is 0 Å². The van der Waals surface area contributed by atoms with Crippen LogP contribution in [0.5, 0.6) is 0 Å². The fourth-order valence-corrected chi connectivity index (χ4v) is 3.54. The molecule has 0 atom stereocenters. The summed E-state index contributed by atoms with van der Waals surface area (Å²) >= 11 is 0. The second-order valence-corrected chi connectivity index (χ2v) is 6.59. The second-order valence-electron chi connectivity index (χ2n) is 6.59. The van der Waals surface area contributed by atoms with Gasteiger partial charge in [-0.2, -0.15) is 0 Å². The number of benzene rings is 2. The Balaban J connectivity index is 1.96. The van der Waals surface area contributed by atoms with Gasteiger partial charge in [0.1, 0.15) is 0 Å². The first-order valence-electron chi connectivity index (χ1n) is 9.30. The molecule has 0 unspecified atom stereocenters. The van der Waals surface area contributed by atoms with Crippen molar-refractivity contribution in [2.24, 2.45) is 0 Å². The van der Waals surface area contributed by atoms with Crippen molar-refractivity contribution in [1.82, 2.24) is 0 Å². The number of carbonyl (C=O) groups is 1. The number of rotatable bonds is 5. The van der Waals surface area contributed by atoms with Gasteiger partial charge in [0, 0.05) is 0 Å². The van der Waals surface area contributed by atoms with Crippen LogP contribution in [0.25, 0.3) is 17.2 Å². The molecule has 1 fully saturated rings. The summed E-state index contributed by atoms with van der Waals surface area (Å²) in [6, 6.07) is 16.6. The number of hydrogen-bond acceptors (Lipinski definition) is 2. The van der Waals surface area contributed by atoms with Crippen LogP contribution in [0, 0.1) is 0 Å². The zero-order chi connectivity index (χ0) is 17.5. The van der Waals surface area contributed by atoms with Crippen molar-refractivity contribution in [3.8, 4) is 11.1 Å². The molecule has 1 saturated carbocycles. The summed E-state index contributed by atoms with van der Waals surface area (Å²) in [4.78, 5) is 12.0. The first-order valence-corrected chi connectivity index (χ1v) is 9.30. The van der Waals surface area contributed by atoms with Crippen LogP contribution in [-0.4, -0.2) is 12.6 Å². The molecule has 1 aliphatic rings. The van der Waals surface area contributed by atoms with Crippen molar-refractivity contribution >= 4 is 12.0 Å². The molecule has 0 radical (unpaired) electrons. The van der Waals surface area contributed by atoms with Crippen molar-refractivity contribution in [1.29, 1.82) is 0 Å². The molecule has 0 bridgehead atoms. The van der Waals surface area contributed by atoms with Gasteiger partial charge in [-0.3, -0.25) is 4.79 Å². The third-order valence-electron chi connectivity index (χ3n) is 4.76. The highest BCUT2D eigenvalue weighted by Crippen LogP contribution is 2.31. The number of allylic oxidation sites excluding steroid dienone is 1. The van der Waals surface area contributed by atoms with E-state index in [-0.39, 0.29) is 5.97 Å². The summed E-state index contributed by atoms with van der Waals surface area (Å²) in [7, 11) is 0. The SMILES string of the molecule is CCOC(=O)Cc1ccccc1-c1ccccc1C=C1CCCCC1. The molecular weight excluding hydrogens is 308 g/mol. The minimum absolute atomic E-state index is 0.168. The summed E-state index contributed by atoms with van der Waals surface area (Å²) in [6.07, 6.45) is 9.03. The number of hydrogen-bond donors (Lipinski definition) is 0. The molecule has 2 heteroatoms. The topological polar surface area (TPSA) is 26.3 Å². The lowest BCUT2D eigenvalue weighted by Crippen LogP contribution is -2.08. The lowest BCUT2D eigenvalue weighted by Gasteiger charge is -2.16. The molecule has 2 nitrogen and oxygen atoms in total. The number of ether oxygens (including phenoxy) is 1. The van der Waals surface area contributed by atoms with Gasteiger partial charge in [-0.15, -0.1) is 0 Å². The van der Waals surface area contributed by atoms with E-state index in [0.717, 1.165) is 11.1 Å². The molecule has 0 N–H and O–H groups in total. The summed E-state index contributed by atoms with van der Waals surface area (Å²) in [6.45, 7) is 2.26. The first kappa shape index (κ1) is 17.5. The Morgan fingerprint density at radius 2 is 1.64 bits per heavy atom. The number of esters is 1. The van der Waals surface area contributed by atoms with Crippen molar-refractivity contribution < 1.29 is 9.53 Å². The largest absolute Gasteiger partial charge is 0.466 e. The van der Waals surface area contributed by atoms with Gasteiger partial charge < -0.3 is 4.74 Å². The summed E-state index contributed by atoms with van der Waals surface area (Å²) < 4.78 is 5.14. The van der Waals surface area contributed by atoms with Crippen LogP contribution in [0.15, 0.2) is 54.1 Å². The van der Waals surface area contributed by atoms with Gasteiger partial charge in [0.25, 0.3) is 0 Å². The van der Waals surface area contributed by atoms with E-state index >= 15 is 0 Å². The smallest absolute Gasteiger partial charge is 0.310 e. The Bertz CT molecular complexity index is 750. The predicted molar refractivity (Wildman–Crippen MR) is 103 cm³/mol. The molecule has 0 aliphatic heterocycles. The Labute approximate surface area is 150 Å². The molecule has 0 spiro atoms. The first-order chi connectivity index (χ1) is 12.3. The maximum absolute atomic E-state index is 12.0. The molecule has 0 aromatic heterocycles. The molecule has 2 aromatic carbocycles. The normalized spacial score (nSPS) is 14.2. The molecule has 0 saturated heterocycles. The summed E-state index contributed by atoms with van der Waals surface area (Å²) in [5.41, 5.74) is 6.13. The van der Waals surface area contributed by atoms with E-state index in [1.807, 2.05) is 25.1 Å². The Morgan fingerprint density at radius 1 is 0.960 bits per heavy atom. The van der Waals surface area contributed by atoms with Crippen LogP contribution in [-0.2, 0) is 16.0 Å². The van der Waals surface area contributed by atoms with E-state index in [2.05, 4.69) is 36.4 Å². The van der Waals surface area contributed by atoms with Gasteiger partial charge in [0.2, 0.25) is 0 Å². The summed E-state index contributed by atoms with van der Waals surface area (Å²) in [5.74, 6) is -0.168. The fourth-order valence-electron chi connectivity index (χ4n) is 3.54. The quantitative estimate of drug-likeness (QED) is 0.645. The standard InChI is InChI=1S/C23H26O2/c1-2-25-23(24)17-20-13-7-9-15-22(20)21-14-8-6-12-19(21)16-18-10-4-3-5-11-18/h6-9,12-16H,2-5,10-11,17H2,1H3. The highest BCUT2D eigenvalue weighted by molar-refractivity contribution is 5.82. The van der Waals surface area contributed by atoms with Crippen molar-refractivity contribution in [2.45, 2.75) is 45.4 Å². The van der Waals surface area contributed by atoms with Crippen LogP contribution in [0.3, 0.4) is 0 Å². The molecule has 0 amide bonds. The molecule has 130 valence electrons. The molecule has 3 rings (SSSR count). The van der Waals surface area contributed by atoms with Gasteiger partial charge in [-0.25, -0.2) is 0 Å². The monoisotopic (exact) mass is 334 g/mol. The lowest BCUT2D eigenvalue weighted by molar-refractivity contribution is -0.142. The van der Waals surface area contributed by atoms with E-state index in [0.29, 0.717) is 13.0 Å². The third kappa shape index (κ3) is 4.60. The minimum Gasteiger partial charge on any atom is -0.466 e. The maximum atomic E-state index is 12.0. The lowest BCUT2D eigenvalue weighted by atomic mass is 9.89. The summed E-state index contributed by atoms with van der Waals surface area (Å²) in [5, 5.41) is 0. The predicted octanol–water partition coefficient (Wildman–Crippen LogP) is 5.81. The number of carbonyl (C=O) groups excluding carboxylic acids is 1. The van der Waals surface area contributed by atoms with E-state index in [1.165, 1.54) is 43.2 Å². The Kier molecular flexibility index (Phi) is 6.05. The molecule has 25 heavy (non-hydrogen) atoms. The van der Waals surface area contributed by atoms with Gasteiger partial charge in [-0.05, 0) is 54.9 Å². The van der Waals surface area contributed by atoms with E-state index in [1.54, 1.807) is 5.57 Å². The highest BCUT2D eigenvalue weighted by atomic mass is 16.5. The zero-order valence-electron chi connectivity index (χ0n) is 15.0. The van der Waals surface area contributed by atoms with Gasteiger partial charge in [0.05, 0.1) is 13.0 Å². The zero-order valence-corrected chi connectivity index (χ0v) is 15.0. The molecule has 1 aliphatic carbocycles. The van der Waals surface area contributed by atoms with Crippen molar-refractivity contribution in [2.75, 3.05) is 6.61 Å². The van der Waals surface area contributed by atoms with Gasteiger partial charge >= 0.3 is 5.97 Å². The van der Waals surface area contributed by atoms with Crippen LogP contribution in [0.4, 0.5) is 0 Å².